The first-order valence-corrected chi connectivity index (χ1v) is 12.0. The highest BCUT2D eigenvalue weighted by Gasteiger charge is 2.38. The summed E-state index contributed by atoms with van der Waals surface area (Å²) in [6.07, 6.45) is 0.361. The summed E-state index contributed by atoms with van der Waals surface area (Å²) in [6.45, 7) is 0.720. The Morgan fingerprint density at radius 2 is 1.61 bits per heavy atom. The zero-order valence-corrected chi connectivity index (χ0v) is 19.7. The fourth-order valence-corrected chi connectivity index (χ4v) is 4.52. The maximum Gasteiger partial charge on any atom is 0.325 e. The number of rotatable bonds is 9. The van der Waals surface area contributed by atoms with Crippen LogP contribution in [-0.2, 0) is 16.1 Å². The predicted octanol–water partition coefficient (Wildman–Crippen LogP) is 3.56. The van der Waals surface area contributed by atoms with Gasteiger partial charge in [0.15, 0.2) is 11.5 Å². The van der Waals surface area contributed by atoms with Crippen LogP contribution in [0.4, 0.5) is 4.79 Å². The number of urea groups is 1. The van der Waals surface area contributed by atoms with Crippen LogP contribution in [0.2, 0.25) is 0 Å². The molecule has 0 radical (unpaired) electrons. The van der Waals surface area contributed by atoms with Crippen molar-refractivity contribution in [2.24, 2.45) is 0 Å². The number of amides is 4. The normalized spacial score (nSPS) is 16.4. The molecule has 1 saturated heterocycles. The Kier molecular flexibility index (Phi) is 6.84. The number of nitrogens with zero attached hydrogens (tertiary/aromatic N) is 1. The zero-order valence-electron chi connectivity index (χ0n) is 19.7. The Morgan fingerprint density at radius 1 is 0.944 bits per heavy atom. The van der Waals surface area contributed by atoms with Crippen LogP contribution < -0.4 is 20.1 Å². The van der Waals surface area contributed by atoms with Crippen molar-refractivity contribution in [1.29, 1.82) is 0 Å². The summed E-state index contributed by atoms with van der Waals surface area (Å²) in [5.41, 5.74) is 2.98. The van der Waals surface area contributed by atoms with Gasteiger partial charge < -0.3 is 20.1 Å². The van der Waals surface area contributed by atoms with Crippen LogP contribution in [0.25, 0.3) is 0 Å². The van der Waals surface area contributed by atoms with Gasteiger partial charge in [0.25, 0.3) is 5.91 Å². The largest absolute Gasteiger partial charge is 0.454 e. The Labute approximate surface area is 209 Å². The van der Waals surface area contributed by atoms with E-state index in [4.69, 9.17) is 9.47 Å². The molecule has 1 atom stereocenters. The summed E-state index contributed by atoms with van der Waals surface area (Å²) in [5.74, 6) is 0.750. The molecular formula is C28H27N3O5. The monoisotopic (exact) mass is 485 g/mol. The van der Waals surface area contributed by atoms with Crippen molar-refractivity contribution in [1.82, 2.24) is 15.5 Å². The van der Waals surface area contributed by atoms with Crippen LogP contribution in [0.5, 0.6) is 11.5 Å². The van der Waals surface area contributed by atoms with E-state index in [1.54, 1.807) is 18.2 Å². The lowest BCUT2D eigenvalue weighted by Crippen LogP contribution is -2.33. The molecule has 3 aromatic rings. The van der Waals surface area contributed by atoms with E-state index in [9.17, 15) is 14.4 Å². The second-order valence-corrected chi connectivity index (χ2v) is 8.83. The lowest BCUT2D eigenvalue weighted by Gasteiger charge is -2.19. The van der Waals surface area contributed by atoms with Crippen molar-refractivity contribution in [2.45, 2.75) is 31.3 Å². The van der Waals surface area contributed by atoms with E-state index in [0.717, 1.165) is 16.7 Å². The summed E-state index contributed by atoms with van der Waals surface area (Å²) in [4.78, 5) is 39.1. The first-order chi connectivity index (χ1) is 17.6. The number of carbonyl (C=O) groups is 3. The average Bonchev–Trinajstić information content (AvgIpc) is 3.48. The van der Waals surface area contributed by atoms with Crippen molar-refractivity contribution in [3.05, 3.63) is 95.6 Å². The Balaban J connectivity index is 1.15. The predicted molar refractivity (Wildman–Crippen MR) is 132 cm³/mol. The topological polar surface area (TPSA) is 97.0 Å². The van der Waals surface area contributed by atoms with Gasteiger partial charge in [-0.2, -0.15) is 0 Å². The van der Waals surface area contributed by atoms with Crippen molar-refractivity contribution in [2.75, 3.05) is 13.3 Å². The Bertz CT molecular complexity index is 1210. The van der Waals surface area contributed by atoms with Gasteiger partial charge in [-0.1, -0.05) is 66.7 Å². The van der Waals surface area contributed by atoms with Crippen LogP contribution in [0, 0.1) is 0 Å². The molecule has 2 heterocycles. The fraction of sp³-hybridized carbons (Fsp3) is 0.250. The highest BCUT2D eigenvalue weighted by atomic mass is 16.7. The van der Waals surface area contributed by atoms with Crippen LogP contribution in [-0.4, -0.2) is 42.1 Å². The number of ether oxygens (including phenoxy) is 2. The molecule has 0 saturated carbocycles. The molecule has 1 fully saturated rings. The smallest absolute Gasteiger partial charge is 0.325 e. The third-order valence-corrected chi connectivity index (χ3v) is 6.45. The molecule has 8 heteroatoms. The lowest BCUT2D eigenvalue weighted by atomic mass is 9.91. The minimum Gasteiger partial charge on any atom is -0.454 e. The third-order valence-electron chi connectivity index (χ3n) is 6.45. The number of hydrogen-bond acceptors (Lipinski definition) is 5. The molecule has 0 bridgehead atoms. The van der Waals surface area contributed by atoms with Gasteiger partial charge in [0, 0.05) is 18.9 Å². The molecule has 0 aromatic heterocycles. The van der Waals surface area contributed by atoms with Crippen molar-refractivity contribution in [3.63, 3.8) is 0 Å². The van der Waals surface area contributed by atoms with E-state index in [1.165, 1.54) is 4.90 Å². The van der Waals surface area contributed by atoms with Gasteiger partial charge in [-0.3, -0.25) is 14.5 Å². The Hall–Kier alpha value is -4.33. The number of carbonyl (C=O) groups excluding carboxylic acids is 3. The summed E-state index contributed by atoms with van der Waals surface area (Å²) in [5, 5.41) is 5.70. The summed E-state index contributed by atoms with van der Waals surface area (Å²) in [6, 6.07) is 24.2. The number of fused-ring (bicyclic) bond motifs is 1. The summed E-state index contributed by atoms with van der Waals surface area (Å²) >= 11 is 0. The van der Waals surface area contributed by atoms with Crippen LogP contribution >= 0.6 is 0 Å². The molecular weight excluding hydrogens is 458 g/mol. The SMILES string of the molecule is O=C(CC[C@@H]1NC(=O)N(Cc2ccc3c(c2)OCO3)C1=O)NCC(c1ccccc1)c1ccccc1. The number of benzene rings is 3. The van der Waals surface area contributed by atoms with Crippen LogP contribution in [0.3, 0.4) is 0 Å². The third kappa shape index (κ3) is 5.17. The van der Waals surface area contributed by atoms with Gasteiger partial charge in [0.2, 0.25) is 12.7 Å². The molecule has 8 nitrogen and oxygen atoms in total. The maximum atomic E-state index is 12.9. The van der Waals surface area contributed by atoms with Gasteiger partial charge in [0.05, 0.1) is 6.54 Å². The molecule has 3 aromatic carbocycles. The first kappa shape index (κ1) is 23.4. The summed E-state index contributed by atoms with van der Waals surface area (Å²) in [7, 11) is 0. The average molecular weight is 486 g/mol. The Morgan fingerprint density at radius 3 is 2.31 bits per heavy atom. The van der Waals surface area contributed by atoms with E-state index in [0.29, 0.717) is 18.0 Å². The van der Waals surface area contributed by atoms with Gasteiger partial charge in [-0.25, -0.2) is 4.79 Å². The van der Waals surface area contributed by atoms with Crippen molar-refractivity contribution >= 4 is 17.8 Å². The van der Waals surface area contributed by atoms with Gasteiger partial charge >= 0.3 is 6.03 Å². The second-order valence-electron chi connectivity index (χ2n) is 8.83. The quantitative estimate of drug-likeness (QED) is 0.452. The number of hydrogen-bond donors (Lipinski definition) is 2. The first-order valence-electron chi connectivity index (χ1n) is 12.0. The molecule has 36 heavy (non-hydrogen) atoms. The molecule has 4 amide bonds. The molecule has 0 unspecified atom stereocenters. The highest BCUT2D eigenvalue weighted by Crippen LogP contribution is 2.33. The van der Waals surface area contributed by atoms with E-state index >= 15 is 0 Å². The summed E-state index contributed by atoms with van der Waals surface area (Å²) < 4.78 is 10.7. The molecule has 2 N–H and O–H groups in total. The van der Waals surface area contributed by atoms with Crippen molar-refractivity contribution in [3.8, 4) is 11.5 Å². The molecule has 2 aliphatic heterocycles. The molecule has 2 aliphatic rings. The minimum absolute atomic E-state index is 0.0151. The van der Waals surface area contributed by atoms with Gasteiger partial charge in [0.1, 0.15) is 6.04 Å². The van der Waals surface area contributed by atoms with E-state index in [1.807, 2.05) is 60.7 Å². The van der Waals surface area contributed by atoms with Gasteiger partial charge in [-0.05, 0) is 35.2 Å². The standard InChI is InChI=1S/C28H27N3O5/c32-26(29-16-22(20-7-3-1-4-8-20)21-9-5-2-6-10-21)14-12-23-27(33)31(28(34)30-23)17-19-11-13-24-25(15-19)36-18-35-24/h1-11,13,15,22-23H,12,14,16-18H2,(H,29,32)(H,30,34)/t23-/m0/s1. The van der Waals surface area contributed by atoms with E-state index in [2.05, 4.69) is 10.6 Å². The van der Waals surface area contributed by atoms with E-state index in [-0.39, 0.29) is 43.9 Å². The molecule has 184 valence electrons. The zero-order chi connectivity index (χ0) is 24.9. The fourth-order valence-electron chi connectivity index (χ4n) is 4.52. The van der Waals surface area contributed by atoms with Crippen molar-refractivity contribution < 1.29 is 23.9 Å². The van der Waals surface area contributed by atoms with Gasteiger partial charge in [-0.15, -0.1) is 0 Å². The number of nitrogens with one attached hydrogen (secondary N) is 2. The maximum absolute atomic E-state index is 12.9. The van der Waals surface area contributed by atoms with Crippen LogP contribution in [0.1, 0.15) is 35.4 Å². The second kappa shape index (κ2) is 10.5. The molecule has 0 aliphatic carbocycles. The number of imide groups is 1. The lowest BCUT2D eigenvalue weighted by molar-refractivity contribution is -0.128. The van der Waals surface area contributed by atoms with E-state index < -0.39 is 12.1 Å². The highest BCUT2D eigenvalue weighted by molar-refractivity contribution is 6.04. The molecule has 0 spiro atoms. The molecule has 5 rings (SSSR count). The minimum atomic E-state index is -0.726. The van der Waals surface area contributed by atoms with Crippen LogP contribution in [0.15, 0.2) is 78.9 Å².